The Morgan fingerprint density at radius 1 is 1.04 bits per heavy atom. The molecule has 0 aliphatic rings. The minimum atomic E-state index is 0.362. The van der Waals surface area contributed by atoms with Crippen LogP contribution in [-0.4, -0.2) is 35.6 Å². The van der Waals surface area contributed by atoms with Crippen LogP contribution in [0, 0.1) is 0 Å². The first kappa shape index (κ1) is 17.6. The Morgan fingerprint density at radius 3 is 2.67 bits per heavy atom. The fraction of sp³-hybridized carbons (Fsp3) is 0.190. The first-order chi connectivity index (χ1) is 13.2. The number of hydrogen-bond donors (Lipinski definition) is 2. The van der Waals surface area contributed by atoms with E-state index in [4.69, 9.17) is 9.97 Å². The maximum atomic E-state index is 4.82. The Kier molecular flexibility index (Phi) is 5.09. The lowest BCUT2D eigenvalue weighted by Gasteiger charge is -2.21. The van der Waals surface area contributed by atoms with E-state index in [0.29, 0.717) is 11.9 Å². The Balaban J connectivity index is 1.70. The zero-order valence-corrected chi connectivity index (χ0v) is 16.2. The molecule has 1 atom stereocenters. The summed E-state index contributed by atoms with van der Waals surface area (Å²) in [5, 5.41) is 6.74. The third kappa shape index (κ3) is 3.82. The molecular weight excluding hydrogens is 354 g/mol. The van der Waals surface area contributed by atoms with Gasteiger partial charge in [0.05, 0.1) is 31.0 Å². The smallest absolute Gasteiger partial charge is 0.163 e. The monoisotopic (exact) mass is 376 g/mol. The van der Waals surface area contributed by atoms with E-state index in [9.17, 15) is 0 Å². The van der Waals surface area contributed by atoms with Crippen LogP contribution >= 0.6 is 11.3 Å². The molecule has 3 aromatic heterocycles. The lowest BCUT2D eigenvalue weighted by Crippen LogP contribution is -3.06. The summed E-state index contributed by atoms with van der Waals surface area (Å²) in [5.74, 6) is 1.55. The van der Waals surface area contributed by atoms with Crippen molar-refractivity contribution in [1.82, 2.24) is 15.0 Å². The number of thiophene rings is 1. The van der Waals surface area contributed by atoms with Gasteiger partial charge in [0.25, 0.3) is 0 Å². The van der Waals surface area contributed by atoms with Crippen LogP contribution in [0.15, 0.2) is 66.3 Å². The van der Waals surface area contributed by atoms with Gasteiger partial charge in [0.1, 0.15) is 11.9 Å². The molecule has 4 aromatic rings. The van der Waals surface area contributed by atoms with Crippen LogP contribution in [0.2, 0.25) is 0 Å². The van der Waals surface area contributed by atoms with Crippen molar-refractivity contribution >= 4 is 28.1 Å². The number of hydrogen-bond acceptors (Lipinski definition) is 5. The van der Waals surface area contributed by atoms with Crippen LogP contribution in [0.3, 0.4) is 0 Å². The Bertz CT molecular complexity index is 1020. The molecule has 6 heteroatoms. The van der Waals surface area contributed by atoms with Gasteiger partial charge in [-0.05, 0) is 35.7 Å². The highest BCUT2D eigenvalue weighted by Crippen LogP contribution is 2.25. The molecule has 4 rings (SSSR count). The van der Waals surface area contributed by atoms with Crippen molar-refractivity contribution in [2.45, 2.75) is 6.04 Å². The third-order valence-corrected chi connectivity index (χ3v) is 5.57. The van der Waals surface area contributed by atoms with Gasteiger partial charge in [-0.2, -0.15) is 0 Å². The summed E-state index contributed by atoms with van der Waals surface area (Å²) in [6, 6.07) is 16.7. The van der Waals surface area contributed by atoms with E-state index < -0.39 is 0 Å². The summed E-state index contributed by atoms with van der Waals surface area (Å²) >= 11 is 1.80. The van der Waals surface area contributed by atoms with E-state index in [2.05, 4.69) is 48.0 Å². The van der Waals surface area contributed by atoms with Gasteiger partial charge in [-0.15, -0.1) is 11.3 Å². The fourth-order valence-corrected chi connectivity index (χ4v) is 4.07. The van der Waals surface area contributed by atoms with E-state index in [0.717, 1.165) is 28.8 Å². The molecule has 0 unspecified atom stereocenters. The summed E-state index contributed by atoms with van der Waals surface area (Å²) in [7, 11) is 4.37. The second-order valence-corrected chi connectivity index (χ2v) is 7.66. The number of quaternary nitrogens is 1. The predicted molar refractivity (Wildman–Crippen MR) is 111 cm³/mol. The second kappa shape index (κ2) is 7.82. The van der Waals surface area contributed by atoms with Crippen molar-refractivity contribution in [3.63, 3.8) is 0 Å². The molecule has 0 spiro atoms. The Morgan fingerprint density at radius 2 is 1.93 bits per heavy atom. The fourth-order valence-electron chi connectivity index (χ4n) is 3.11. The number of benzene rings is 1. The summed E-state index contributed by atoms with van der Waals surface area (Å²) in [4.78, 5) is 16.5. The van der Waals surface area contributed by atoms with Crippen molar-refractivity contribution in [3.05, 3.63) is 71.2 Å². The average molecular weight is 377 g/mol. The number of likely N-dealkylation sites (N-methyl/N-ethyl adjacent to an activating group) is 1. The van der Waals surface area contributed by atoms with Crippen molar-refractivity contribution in [1.29, 1.82) is 0 Å². The van der Waals surface area contributed by atoms with Crippen molar-refractivity contribution < 1.29 is 4.90 Å². The Hall–Kier alpha value is -2.83. The second-order valence-electron chi connectivity index (χ2n) is 6.68. The molecule has 0 bridgehead atoms. The number of aromatic nitrogens is 3. The molecule has 0 saturated heterocycles. The van der Waals surface area contributed by atoms with Gasteiger partial charge in [-0.25, -0.2) is 9.97 Å². The summed E-state index contributed by atoms with van der Waals surface area (Å²) in [6.45, 7) is 0.802. The largest absolute Gasteiger partial charge is 0.363 e. The maximum Gasteiger partial charge on any atom is 0.163 e. The van der Waals surface area contributed by atoms with E-state index in [1.807, 2.05) is 30.3 Å². The molecule has 2 N–H and O–H groups in total. The van der Waals surface area contributed by atoms with Crippen molar-refractivity contribution in [2.75, 3.05) is 26.0 Å². The van der Waals surface area contributed by atoms with E-state index in [1.54, 1.807) is 23.7 Å². The summed E-state index contributed by atoms with van der Waals surface area (Å²) < 4.78 is 0. The highest BCUT2D eigenvalue weighted by atomic mass is 32.1. The first-order valence-electron chi connectivity index (χ1n) is 8.97. The van der Waals surface area contributed by atoms with Crippen molar-refractivity contribution in [2.24, 2.45) is 0 Å². The predicted octanol–water partition coefficient (Wildman–Crippen LogP) is 3.05. The molecule has 0 aliphatic carbocycles. The Labute approximate surface area is 162 Å². The van der Waals surface area contributed by atoms with Crippen LogP contribution in [-0.2, 0) is 0 Å². The van der Waals surface area contributed by atoms with Crippen LogP contribution in [0.4, 0.5) is 5.82 Å². The lowest BCUT2D eigenvalue weighted by molar-refractivity contribution is -0.889. The van der Waals surface area contributed by atoms with Crippen LogP contribution in [0.25, 0.3) is 22.3 Å². The van der Waals surface area contributed by atoms with E-state index >= 15 is 0 Å². The van der Waals surface area contributed by atoms with Crippen molar-refractivity contribution in [3.8, 4) is 11.4 Å². The van der Waals surface area contributed by atoms with Gasteiger partial charge < -0.3 is 10.2 Å². The molecule has 3 heterocycles. The van der Waals surface area contributed by atoms with Crippen LogP contribution in [0.5, 0.6) is 0 Å². The van der Waals surface area contributed by atoms with Gasteiger partial charge in [0, 0.05) is 23.3 Å². The zero-order chi connectivity index (χ0) is 18.6. The van der Waals surface area contributed by atoms with E-state index in [-0.39, 0.29) is 0 Å². The quantitative estimate of drug-likeness (QED) is 0.543. The summed E-state index contributed by atoms with van der Waals surface area (Å²) in [5.41, 5.74) is 1.85. The molecule has 0 amide bonds. The zero-order valence-electron chi connectivity index (χ0n) is 15.4. The number of anilines is 1. The standard InChI is InChI=1S/C21H21N5S/c1-26(2)18(19-10-6-12-27-19)14-23-21-16-8-3-4-9-17(16)24-20(25-21)15-7-5-11-22-13-15/h3-13,18H,14H2,1-2H3,(H,23,24,25)/p+1/t18-/m0/s1. The van der Waals surface area contributed by atoms with Crippen LogP contribution < -0.4 is 10.2 Å². The molecule has 136 valence electrons. The van der Waals surface area contributed by atoms with Gasteiger partial charge in [-0.3, -0.25) is 4.98 Å². The van der Waals surface area contributed by atoms with Gasteiger partial charge in [0.2, 0.25) is 0 Å². The highest BCUT2D eigenvalue weighted by molar-refractivity contribution is 7.10. The number of para-hydroxylation sites is 1. The number of nitrogens with zero attached hydrogens (tertiary/aromatic N) is 3. The molecular formula is C21H22N5S+. The van der Waals surface area contributed by atoms with Gasteiger partial charge in [-0.1, -0.05) is 18.2 Å². The highest BCUT2D eigenvalue weighted by Gasteiger charge is 2.19. The maximum absolute atomic E-state index is 4.82. The average Bonchev–Trinajstić information content (AvgIpc) is 3.22. The van der Waals surface area contributed by atoms with E-state index in [1.165, 1.54) is 9.78 Å². The number of rotatable bonds is 6. The molecule has 1 aromatic carbocycles. The normalized spacial score (nSPS) is 12.4. The summed E-state index contributed by atoms with van der Waals surface area (Å²) in [6.07, 6.45) is 3.56. The van der Waals surface area contributed by atoms with Crippen LogP contribution in [0.1, 0.15) is 10.9 Å². The molecule has 0 fully saturated rings. The lowest BCUT2D eigenvalue weighted by atomic mass is 10.2. The molecule has 0 aliphatic heterocycles. The van der Waals surface area contributed by atoms with Gasteiger partial charge >= 0.3 is 0 Å². The molecule has 0 saturated carbocycles. The molecule has 0 radical (unpaired) electrons. The SMILES string of the molecule is C[NH+](C)[C@@H](CNc1nc(-c2cccnc2)nc2ccccc12)c1cccs1. The minimum Gasteiger partial charge on any atom is -0.363 e. The molecule has 27 heavy (non-hydrogen) atoms. The number of nitrogens with one attached hydrogen (secondary N) is 2. The number of fused-ring (bicyclic) bond motifs is 1. The first-order valence-corrected chi connectivity index (χ1v) is 9.85. The topological polar surface area (TPSA) is 55.1 Å². The number of pyridine rings is 1. The minimum absolute atomic E-state index is 0.362. The van der Waals surface area contributed by atoms with Gasteiger partial charge in [0.15, 0.2) is 5.82 Å². The molecule has 5 nitrogen and oxygen atoms in total. The third-order valence-electron chi connectivity index (χ3n) is 4.58.